The van der Waals surface area contributed by atoms with E-state index >= 15 is 0 Å². The van der Waals surface area contributed by atoms with Gasteiger partial charge < -0.3 is 19.5 Å². The van der Waals surface area contributed by atoms with Crippen molar-refractivity contribution in [1.82, 2.24) is 0 Å². The number of carbonyl (C=O) groups excluding carboxylic acids is 1. The van der Waals surface area contributed by atoms with Gasteiger partial charge in [0.1, 0.15) is 17.2 Å². The molecule has 1 atom stereocenters. The number of sulfonamides is 1. The number of anilines is 2. The molecular weight excluding hydrogens is 456 g/mol. The first-order valence-corrected chi connectivity index (χ1v) is 12.0. The van der Waals surface area contributed by atoms with E-state index in [1.165, 1.54) is 38.5 Å². The molecule has 2 N–H and O–H groups in total. The second kappa shape index (κ2) is 10.5. The number of ether oxygens (including phenoxy) is 3. The molecule has 3 aromatic carbocycles. The van der Waals surface area contributed by atoms with Crippen LogP contribution in [0, 0.1) is 13.8 Å². The molecule has 0 saturated heterocycles. The number of carbonyl (C=O) groups is 1. The highest BCUT2D eigenvalue weighted by Gasteiger charge is 2.19. The van der Waals surface area contributed by atoms with Gasteiger partial charge in [-0.2, -0.15) is 0 Å². The molecule has 0 unspecified atom stereocenters. The van der Waals surface area contributed by atoms with Crippen LogP contribution in [-0.4, -0.2) is 34.6 Å². The Hall–Kier alpha value is -3.72. The van der Waals surface area contributed by atoms with Gasteiger partial charge in [0.2, 0.25) is 0 Å². The minimum absolute atomic E-state index is 0.0305. The van der Waals surface area contributed by atoms with E-state index in [2.05, 4.69) is 10.0 Å². The Bertz CT molecular complexity index is 1270. The van der Waals surface area contributed by atoms with Crippen molar-refractivity contribution in [2.75, 3.05) is 24.3 Å². The lowest BCUT2D eigenvalue weighted by molar-refractivity contribution is -0.122. The molecule has 0 aromatic heterocycles. The fourth-order valence-electron chi connectivity index (χ4n) is 3.22. The van der Waals surface area contributed by atoms with Crippen molar-refractivity contribution < 1.29 is 27.4 Å². The summed E-state index contributed by atoms with van der Waals surface area (Å²) < 4.78 is 44.3. The highest BCUT2D eigenvalue weighted by atomic mass is 32.2. The van der Waals surface area contributed by atoms with Crippen LogP contribution in [0.5, 0.6) is 17.2 Å². The standard InChI is InChI=1S/C25H28N2O6S/c1-16-6-13-23(17(2)14-16)33-18(3)25(28)26-19-7-10-21(11-8-19)34(29,30)27-22-12-9-20(31-4)15-24(22)32-5/h6-15,18,27H,1-5H3,(H,26,28)/t18-/m0/s1. The maximum Gasteiger partial charge on any atom is 0.265 e. The average molecular weight is 485 g/mol. The molecular formula is C25H28N2O6S. The van der Waals surface area contributed by atoms with Crippen LogP contribution >= 0.6 is 0 Å². The van der Waals surface area contributed by atoms with Crippen molar-refractivity contribution >= 4 is 27.3 Å². The largest absolute Gasteiger partial charge is 0.497 e. The van der Waals surface area contributed by atoms with Gasteiger partial charge in [0.25, 0.3) is 15.9 Å². The van der Waals surface area contributed by atoms with Crippen molar-refractivity contribution in [2.24, 2.45) is 0 Å². The number of amides is 1. The van der Waals surface area contributed by atoms with Crippen LogP contribution in [0.2, 0.25) is 0 Å². The zero-order valence-electron chi connectivity index (χ0n) is 19.7. The molecule has 180 valence electrons. The number of rotatable bonds is 9. The normalized spacial score (nSPS) is 11.9. The first-order chi connectivity index (χ1) is 16.1. The van der Waals surface area contributed by atoms with Gasteiger partial charge in [-0.15, -0.1) is 0 Å². The zero-order valence-corrected chi connectivity index (χ0v) is 20.5. The SMILES string of the molecule is COc1ccc(NS(=O)(=O)c2ccc(NC(=O)[C@H](C)Oc3ccc(C)cc3C)cc2)c(OC)c1. The summed E-state index contributed by atoms with van der Waals surface area (Å²) in [7, 11) is -0.936. The molecule has 0 saturated carbocycles. The van der Waals surface area contributed by atoms with E-state index in [1.54, 1.807) is 25.1 Å². The van der Waals surface area contributed by atoms with Crippen molar-refractivity contribution in [3.8, 4) is 17.2 Å². The van der Waals surface area contributed by atoms with E-state index in [0.717, 1.165) is 11.1 Å². The fraction of sp³-hybridized carbons (Fsp3) is 0.240. The molecule has 3 aromatic rings. The van der Waals surface area contributed by atoms with Crippen LogP contribution in [0.1, 0.15) is 18.1 Å². The number of hydrogen-bond donors (Lipinski definition) is 2. The molecule has 0 heterocycles. The van der Waals surface area contributed by atoms with Gasteiger partial charge in [-0.3, -0.25) is 9.52 Å². The Labute approximate surface area is 199 Å². The first kappa shape index (κ1) is 24.9. The molecule has 0 aliphatic carbocycles. The quantitative estimate of drug-likeness (QED) is 0.463. The highest BCUT2D eigenvalue weighted by molar-refractivity contribution is 7.92. The topological polar surface area (TPSA) is 103 Å². The summed E-state index contributed by atoms with van der Waals surface area (Å²) in [4.78, 5) is 12.6. The molecule has 8 nitrogen and oxygen atoms in total. The predicted octanol–water partition coefficient (Wildman–Crippen LogP) is 4.53. The van der Waals surface area contributed by atoms with E-state index < -0.39 is 16.1 Å². The molecule has 0 radical (unpaired) electrons. The van der Waals surface area contributed by atoms with E-state index in [4.69, 9.17) is 14.2 Å². The Morgan fingerprint density at radius 1 is 0.882 bits per heavy atom. The summed E-state index contributed by atoms with van der Waals surface area (Å²) >= 11 is 0. The summed E-state index contributed by atoms with van der Waals surface area (Å²) in [6, 6.07) is 16.3. The Kier molecular flexibility index (Phi) is 7.68. The summed E-state index contributed by atoms with van der Waals surface area (Å²) in [5.74, 6) is 1.15. The maximum atomic E-state index is 12.8. The van der Waals surface area contributed by atoms with Crippen LogP contribution in [0.25, 0.3) is 0 Å². The smallest absolute Gasteiger partial charge is 0.265 e. The fourth-order valence-corrected chi connectivity index (χ4v) is 4.29. The molecule has 0 aliphatic heterocycles. The lowest BCUT2D eigenvalue weighted by Gasteiger charge is -2.17. The number of benzene rings is 3. The third-order valence-corrected chi connectivity index (χ3v) is 6.47. The van der Waals surface area contributed by atoms with Crippen molar-refractivity contribution in [2.45, 2.75) is 31.8 Å². The molecule has 0 aliphatic rings. The minimum Gasteiger partial charge on any atom is -0.497 e. The van der Waals surface area contributed by atoms with Gasteiger partial charge in [0.05, 0.1) is 24.8 Å². The zero-order chi connectivity index (χ0) is 24.9. The predicted molar refractivity (Wildman–Crippen MR) is 131 cm³/mol. The van der Waals surface area contributed by atoms with Crippen molar-refractivity contribution in [1.29, 1.82) is 0 Å². The van der Waals surface area contributed by atoms with Gasteiger partial charge in [0.15, 0.2) is 6.10 Å². The number of nitrogens with one attached hydrogen (secondary N) is 2. The van der Waals surface area contributed by atoms with Crippen LogP contribution < -0.4 is 24.2 Å². The minimum atomic E-state index is -3.88. The number of aryl methyl sites for hydroxylation is 2. The Morgan fingerprint density at radius 2 is 1.59 bits per heavy atom. The third-order valence-electron chi connectivity index (χ3n) is 5.09. The molecule has 0 bridgehead atoms. The summed E-state index contributed by atoms with van der Waals surface area (Å²) in [6.45, 7) is 5.56. The molecule has 0 fully saturated rings. The van der Waals surface area contributed by atoms with Crippen molar-refractivity contribution in [3.05, 3.63) is 71.8 Å². The summed E-state index contributed by atoms with van der Waals surface area (Å²) in [6.07, 6.45) is -0.742. The van der Waals surface area contributed by atoms with Gasteiger partial charge in [-0.1, -0.05) is 17.7 Å². The third kappa shape index (κ3) is 5.99. The van der Waals surface area contributed by atoms with Gasteiger partial charge in [-0.25, -0.2) is 8.42 Å². The maximum absolute atomic E-state index is 12.8. The summed E-state index contributed by atoms with van der Waals surface area (Å²) in [5.41, 5.74) is 2.77. The van der Waals surface area contributed by atoms with E-state index in [0.29, 0.717) is 22.9 Å². The van der Waals surface area contributed by atoms with E-state index in [9.17, 15) is 13.2 Å². The van der Waals surface area contributed by atoms with Gasteiger partial charge in [-0.05, 0) is 68.8 Å². The van der Waals surface area contributed by atoms with Crippen LogP contribution in [0.4, 0.5) is 11.4 Å². The van der Waals surface area contributed by atoms with E-state index in [-0.39, 0.29) is 16.5 Å². The lowest BCUT2D eigenvalue weighted by atomic mass is 10.1. The monoisotopic (exact) mass is 484 g/mol. The van der Waals surface area contributed by atoms with Crippen LogP contribution in [-0.2, 0) is 14.8 Å². The average Bonchev–Trinajstić information content (AvgIpc) is 2.81. The molecule has 3 rings (SSSR count). The number of methoxy groups -OCH3 is 2. The van der Waals surface area contributed by atoms with Gasteiger partial charge in [0, 0.05) is 11.8 Å². The Balaban J connectivity index is 1.67. The molecule has 1 amide bonds. The first-order valence-electron chi connectivity index (χ1n) is 10.5. The molecule has 0 spiro atoms. The second-order valence-electron chi connectivity index (χ2n) is 7.71. The van der Waals surface area contributed by atoms with Crippen LogP contribution in [0.3, 0.4) is 0 Å². The highest BCUT2D eigenvalue weighted by Crippen LogP contribution is 2.31. The lowest BCUT2D eigenvalue weighted by Crippen LogP contribution is -2.30. The van der Waals surface area contributed by atoms with E-state index in [1.807, 2.05) is 32.0 Å². The molecule has 9 heteroatoms. The molecule has 34 heavy (non-hydrogen) atoms. The number of hydrogen-bond acceptors (Lipinski definition) is 6. The van der Waals surface area contributed by atoms with Gasteiger partial charge >= 0.3 is 0 Å². The second-order valence-corrected chi connectivity index (χ2v) is 9.40. The summed E-state index contributed by atoms with van der Waals surface area (Å²) in [5, 5.41) is 2.74. The van der Waals surface area contributed by atoms with Crippen molar-refractivity contribution in [3.63, 3.8) is 0 Å². The Morgan fingerprint density at radius 3 is 2.21 bits per heavy atom. The van der Waals surface area contributed by atoms with Crippen LogP contribution in [0.15, 0.2) is 65.6 Å².